The topological polar surface area (TPSA) is 110 Å². The van der Waals surface area contributed by atoms with Crippen molar-refractivity contribution in [2.24, 2.45) is 0 Å². The van der Waals surface area contributed by atoms with Crippen molar-refractivity contribution in [2.45, 2.75) is 71.4 Å². The minimum atomic E-state index is -0.923. The quantitative estimate of drug-likeness (QED) is 0.577. The highest BCUT2D eigenvalue weighted by molar-refractivity contribution is 6.08. The lowest BCUT2D eigenvalue weighted by molar-refractivity contribution is -0.140. The molecular weight excluding hydrogens is 376 g/mol. The fourth-order valence-corrected chi connectivity index (χ4v) is 4.36. The number of rotatable bonds is 5. The van der Waals surface area contributed by atoms with Crippen molar-refractivity contribution in [2.75, 3.05) is 6.61 Å². The zero-order valence-electron chi connectivity index (χ0n) is 17.3. The summed E-state index contributed by atoms with van der Waals surface area (Å²) in [7, 11) is 0. The second-order valence-electron chi connectivity index (χ2n) is 8.07. The summed E-state index contributed by atoms with van der Waals surface area (Å²) >= 11 is 0. The summed E-state index contributed by atoms with van der Waals surface area (Å²) in [6.45, 7) is 7.16. The highest BCUT2D eigenvalue weighted by Crippen LogP contribution is 2.33. The summed E-state index contributed by atoms with van der Waals surface area (Å²) in [6.07, 6.45) is 3.83. The van der Waals surface area contributed by atoms with Crippen LogP contribution in [0.2, 0.25) is 0 Å². The van der Waals surface area contributed by atoms with Gasteiger partial charge in [-0.3, -0.25) is 15.0 Å². The van der Waals surface area contributed by atoms with Gasteiger partial charge in [0.15, 0.2) is 6.61 Å². The first-order valence-electron chi connectivity index (χ1n) is 9.98. The second kappa shape index (κ2) is 7.88. The van der Waals surface area contributed by atoms with Gasteiger partial charge in [-0.05, 0) is 46.6 Å². The number of aryl methyl sites for hydroxylation is 1. The summed E-state index contributed by atoms with van der Waals surface area (Å²) in [5.74, 6) is -1.82. The molecule has 1 spiro atoms. The van der Waals surface area contributed by atoms with Crippen LogP contribution < -0.4 is 10.7 Å². The van der Waals surface area contributed by atoms with Crippen LogP contribution in [0.4, 0.5) is 4.79 Å². The highest BCUT2D eigenvalue weighted by Gasteiger charge is 2.52. The number of hydrogen-bond acceptors (Lipinski definition) is 5. The summed E-state index contributed by atoms with van der Waals surface area (Å²) in [5, 5.41) is 3.40. The minimum absolute atomic E-state index is 0.187. The lowest BCUT2D eigenvalue weighted by atomic mass is 9.82. The fourth-order valence-electron chi connectivity index (χ4n) is 4.36. The van der Waals surface area contributed by atoms with E-state index in [9.17, 15) is 19.2 Å². The van der Waals surface area contributed by atoms with Crippen LogP contribution in [0.5, 0.6) is 0 Å². The first-order chi connectivity index (χ1) is 13.7. The third-order valence-corrected chi connectivity index (χ3v) is 5.66. The maximum absolute atomic E-state index is 12.7. The van der Waals surface area contributed by atoms with Crippen LogP contribution in [0.1, 0.15) is 73.7 Å². The van der Waals surface area contributed by atoms with Crippen LogP contribution in [0, 0.1) is 13.8 Å². The van der Waals surface area contributed by atoms with Crippen molar-refractivity contribution in [1.82, 2.24) is 20.3 Å². The zero-order valence-corrected chi connectivity index (χ0v) is 17.3. The molecule has 2 fully saturated rings. The summed E-state index contributed by atoms with van der Waals surface area (Å²) < 4.78 is 7.11. The number of amides is 4. The van der Waals surface area contributed by atoms with Crippen molar-refractivity contribution >= 4 is 23.8 Å². The van der Waals surface area contributed by atoms with Gasteiger partial charge in [0.1, 0.15) is 5.54 Å². The molecule has 2 heterocycles. The highest BCUT2D eigenvalue weighted by atomic mass is 16.5. The van der Waals surface area contributed by atoms with Gasteiger partial charge in [-0.2, -0.15) is 5.01 Å². The van der Waals surface area contributed by atoms with Crippen LogP contribution in [0.25, 0.3) is 0 Å². The summed E-state index contributed by atoms with van der Waals surface area (Å²) in [5.41, 5.74) is 3.41. The maximum Gasteiger partial charge on any atom is 0.344 e. The molecule has 158 valence electrons. The third-order valence-electron chi connectivity index (χ3n) is 5.66. The summed E-state index contributed by atoms with van der Waals surface area (Å²) in [6, 6.07) is 1.25. The Labute approximate surface area is 169 Å². The minimum Gasteiger partial charge on any atom is -0.452 e. The van der Waals surface area contributed by atoms with Crippen LogP contribution >= 0.6 is 0 Å². The maximum atomic E-state index is 12.7. The van der Waals surface area contributed by atoms with Crippen LogP contribution in [0.3, 0.4) is 0 Å². The number of imide groups is 1. The van der Waals surface area contributed by atoms with Crippen LogP contribution in [-0.2, 0) is 14.3 Å². The Hall–Kier alpha value is -2.84. The van der Waals surface area contributed by atoms with Gasteiger partial charge in [0.25, 0.3) is 11.8 Å². The number of carbonyl (C=O) groups is 4. The molecule has 1 saturated heterocycles. The molecule has 29 heavy (non-hydrogen) atoms. The predicted octanol–water partition coefficient (Wildman–Crippen LogP) is 2.13. The molecule has 4 amide bonds. The molecule has 1 aliphatic carbocycles. The molecule has 9 nitrogen and oxygen atoms in total. The number of aromatic nitrogens is 1. The van der Waals surface area contributed by atoms with E-state index < -0.39 is 36.0 Å². The SMILES string of the molecule is Cc1cc(C(=O)OCC(=O)NN2C(=O)NC3(CCCCC3)C2=O)c(C)n1C(C)C. The molecule has 0 aromatic carbocycles. The molecule has 3 rings (SSSR count). The molecule has 0 atom stereocenters. The largest absolute Gasteiger partial charge is 0.452 e. The van der Waals surface area contributed by atoms with Crippen molar-refractivity contribution in [3.05, 3.63) is 23.0 Å². The van der Waals surface area contributed by atoms with E-state index in [-0.39, 0.29) is 6.04 Å². The molecule has 2 N–H and O–H groups in total. The standard InChI is InChI=1S/C20H28N4O5/c1-12(2)23-13(3)10-15(14(23)4)17(26)29-11-16(25)22-24-18(27)20(21-19(24)28)8-6-5-7-9-20/h10,12H,5-9,11H2,1-4H3,(H,21,28)(H,22,25). The van der Waals surface area contributed by atoms with E-state index in [0.29, 0.717) is 23.4 Å². The van der Waals surface area contributed by atoms with E-state index in [1.54, 1.807) is 6.07 Å². The van der Waals surface area contributed by atoms with Crippen molar-refractivity contribution in [3.8, 4) is 0 Å². The molecule has 9 heteroatoms. The number of hydrazine groups is 1. The molecule has 0 unspecified atom stereocenters. The average Bonchev–Trinajstić information content (AvgIpc) is 3.08. The number of urea groups is 1. The van der Waals surface area contributed by atoms with E-state index in [4.69, 9.17) is 4.74 Å². The average molecular weight is 404 g/mol. The van der Waals surface area contributed by atoms with Gasteiger partial charge in [0.05, 0.1) is 5.56 Å². The zero-order chi connectivity index (χ0) is 21.3. The van der Waals surface area contributed by atoms with Gasteiger partial charge in [-0.25, -0.2) is 9.59 Å². The van der Waals surface area contributed by atoms with Crippen molar-refractivity contribution in [1.29, 1.82) is 0 Å². The van der Waals surface area contributed by atoms with E-state index in [2.05, 4.69) is 10.7 Å². The van der Waals surface area contributed by atoms with Gasteiger partial charge < -0.3 is 14.6 Å². The molecule has 1 saturated carbocycles. The number of nitrogens with zero attached hydrogens (tertiary/aromatic N) is 2. The first-order valence-corrected chi connectivity index (χ1v) is 9.98. The Bertz CT molecular complexity index is 851. The number of carbonyl (C=O) groups excluding carboxylic acids is 4. The van der Waals surface area contributed by atoms with Crippen LogP contribution in [0.15, 0.2) is 6.07 Å². The molecule has 1 aromatic heterocycles. The number of esters is 1. The molecule has 1 aromatic rings. The third kappa shape index (κ3) is 3.86. The van der Waals surface area contributed by atoms with Crippen LogP contribution in [-0.4, -0.2) is 45.5 Å². The van der Waals surface area contributed by atoms with Gasteiger partial charge in [-0.1, -0.05) is 19.3 Å². The van der Waals surface area contributed by atoms with Crippen molar-refractivity contribution < 1.29 is 23.9 Å². The molecular formula is C20H28N4O5. The Balaban J connectivity index is 1.59. The lowest BCUT2D eigenvalue weighted by Gasteiger charge is -2.30. The first kappa shape index (κ1) is 20.9. The van der Waals surface area contributed by atoms with Gasteiger partial charge in [0.2, 0.25) is 0 Å². The molecule has 1 aliphatic heterocycles. The van der Waals surface area contributed by atoms with Gasteiger partial charge in [-0.15, -0.1) is 0 Å². The number of nitrogens with one attached hydrogen (secondary N) is 2. The summed E-state index contributed by atoms with van der Waals surface area (Å²) in [4.78, 5) is 49.4. The molecule has 0 radical (unpaired) electrons. The van der Waals surface area contributed by atoms with E-state index >= 15 is 0 Å². The Kier molecular flexibility index (Phi) is 5.68. The Morgan fingerprint density at radius 3 is 2.45 bits per heavy atom. The molecule has 0 bridgehead atoms. The van der Waals surface area contributed by atoms with Crippen molar-refractivity contribution in [3.63, 3.8) is 0 Å². The smallest absolute Gasteiger partial charge is 0.344 e. The monoisotopic (exact) mass is 404 g/mol. The number of ether oxygens (including phenoxy) is 1. The van der Waals surface area contributed by atoms with E-state index in [0.717, 1.165) is 30.7 Å². The fraction of sp³-hybridized carbons (Fsp3) is 0.600. The van der Waals surface area contributed by atoms with Gasteiger partial charge >= 0.3 is 12.0 Å². The predicted molar refractivity (Wildman–Crippen MR) is 104 cm³/mol. The second-order valence-corrected chi connectivity index (χ2v) is 8.07. The van der Waals surface area contributed by atoms with Gasteiger partial charge in [0, 0.05) is 17.4 Å². The number of hydrogen-bond donors (Lipinski definition) is 2. The normalized spacial score (nSPS) is 18.3. The van der Waals surface area contributed by atoms with E-state index in [1.165, 1.54) is 0 Å². The Morgan fingerprint density at radius 2 is 1.86 bits per heavy atom. The lowest BCUT2D eigenvalue weighted by Crippen LogP contribution is -2.51. The van der Waals surface area contributed by atoms with E-state index in [1.807, 2.05) is 32.3 Å². The molecule has 2 aliphatic rings. The Morgan fingerprint density at radius 1 is 1.21 bits per heavy atom.